The van der Waals surface area contributed by atoms with Gasteiger partial charge >= 0.3 is 12.0 Å². The molecule has 0 radical (unpaired) electrons. The third kappa shape index (κ3) is 23.2. The first-order valence-corrected chi connectivity index (χ1v) is 31.5. The number of primary amides is 1. The number of rotatable bonds is 40. The number of fused-ring (bicyclic) bond motifs is 2. The van der Waals surface area contributed by atoms with Gasteiger partial charge in [0.05, 0.1) is 18.8 Å². The summed E-state index contributed by atoms with van der Waals surface area (Å²) < 4.78 is 0. The summed E-state index contributed by atoms with van der Waals surface area (Å²) in [6.45, 7) is 0.679. The van der Waals surface area contributed by atoms with Crippen LogP contribution in [0.1, 0.15) is 81.4 Å². The van der Waals surface area contributed by atoms with Gasteiger partial charge in [0.1, 0.15) is 54.1 Å². The van der Waals surface area contributed by atoms with E-state index in [0.29, 0.717) is 60.0 Å². The molecule has 2 heterocycles. The maximum Gasteiger partial charge on any atom is 0.326 e. The van der Waals surface area contributed by atoms with E-state index in [2.05, 4.69) is 57.8 Å². The fourth-order valence-corrected chi connectivity index (χ4v) is 10.5. The van der Waals surface area contributed by atoms with Gasteiger partial charge in [-0.1, -0.05) is 48.5 Å². The summed E-state index contributed by atoms with van der Waals surface area (Å²) in [5.41, 5.74) is 26.2. The van der Waals surface area contributed by atoms with E-state index in [1.54, 1.807) is 42.9 Å². The number of phenolic OH excluding ortho intramolecular Hbond substituents is 1. The molecular weight excluding hydrogens is 1200 g/mol. The number of unbranched alkanes of at least 4 members (excludes halogenated alkanes) is 2. The average molecular weight is 1290 g/mol. The number of phenols is 1. The van der Waals surface area contributed by atoms with Gasteiger partial charge in [-0.05, 0) is 137 Å². The van der Waals surface area contributed by atoms with Crippen molar-refractivity contribution in [3.05, 3.63) is 102 Å². The Bertz CT molecular complexity index is 3240. The van der Waals surface area contributed by atoms with Crippen LogP contribution in [0.4, 0.5) is 4.79 Å². The highest BCUT2D eigenvalue weighted by molar-refractivity contribution is 7.98. The number of carbonyl (C=O) groups excluding carboxylic acids is 9. The van der Waals surface area contributed by atoms with Gasteiger partial charge in [-0.15, -0.1) is 0 Å². The molecule has 0 aliphatic heterocycles. The van der Waals surface area contributed by atoms with Crippen LogP contribution < -0.4 is 70.8 Å². The maximum atomic E-state index is 15.0. The molecule has 91 heavy (non-hydrogen) atoms. The number of nitrogens with two attached hydrogens (primary N) is 4. The smallest absolute Gasteiger partial charge is 0.326 e. The largest absolute Gasteiger partial charge is 0.508 e. The highest BCUT2D eigenvalue weighted by Crippen LogP contribution is 2.22. The van der Waals surface area contributed by atoms with Crippen molar-refractivity contribution in [2.75, 3.05) is 38.2 Å². The van der Waals surface area contributed by atoms with Crippen molar-refractivity contribution in [3.8, 4) is 5.75 Å². The van der Waals surface area contributed by atoms with E-state index in [4.69, 9.17) is 22.9 Å². The fraction of sp³-hybridized carbons (Fsp3) is 0.475. The number of aromatic hydroxyl groups is 1. The predicted octanol–water partition coefficient (Wildman–Crippen LogP) is -1.49. The highest BCUT2D eigenvalue weighted by atomic mass is 32.2. The number of aromatic amines is 2. The summed E-state index contributed by atoms with van der Waals surface area (Å²) in [4.78, 5) is 144. The number of urea groups is 1. The Kier molecular flexibility index (Phi) is 30.0. The Hall–Kier alpha value is -8.81. The number of hydrogen-bond acceptors (Lipinski definition) is 17. The van der Waals surface area contributed by atoms with E-state index in [0.717, 1.165) is 16.5 Å². The molecule has 0 spiro atoms. The van der Waals surface area contributed by atoms with Gasteiger partial charge in [-0.3, -0.25) is 38.4 Å². The Labute approximate surface area is 530 Å². The fourth-order valence-electron chi connectivity index (χ4n) is 9.99. The molecule has 0 unspecified atom stereocenters. The highest BCUT2D eigenvalue weighted by Gasteiger charge is 2.37. The second kappa shape index (κ2) is 37.4. The first-order chi connectivity index (χ1) is 43.6. The van der Waals surface area contributed by atoms with Gasteiger partial charge in [0.2, 0.25) is 47.3 Å². The maximum absolute atomic E-state index is 15.0. The summed E-state index contributed by atoms with van der Waals surface area (Å²) >= 11 is 1.34. The zero-order chi connectivity index (χ0) is 66.6. The predicted molar refractivity (Wildman–Crippen MR) is 341 cm³/mol. The molecule has 0 saturated heterocycles. The van der Waals surface area contributed by atoms with Crippen LogP contribution in [-0.4, -0.2) is 188 Å². The monoisotopic (exact) mass is 1290 g/mol. The number of thioether (sulfide) groups is 1. The van der Waals surface area contributed by atoms with E-state index in [-0.39, 0.29) is 70.2 Å². The number of benzene rings is 3. The first-order valence-electron chi connectivity index (χ1n) is 30.1. The summed E-state index contributed by atoms with van der Waals surface area (Å²) in [6, 6.07) is 5.90. The molecule has 30 heteroatoms. The van der Waals surface area contributed by atoms with Crippen LogP contribution in [0.5, 0.6) is 5.75 Å². The van der Waals surface area contributed by atoms with Gasteiger partial charge in [0, 0.05) is 53.6 Å². The summed E-state index contributed by atoms with van der Waals surface area (Å²) in [7, 11) is 0. The third-order valence-electron chi connectivity index (χ3n) is 15.1. The van der Waals surface area contributed by atoms with Crippen molar-refractivity contribution >= 4 is 92.8 Å². The van der Waals surface area contributed by atoms with Gasteiger partial charge in [0.25, 0.3) is 0 Å². The lowest BCUT2D eigenvalue weighted by atomic mass is 10.0. The molecule has 10 atom stereocenters. The van der Waals surface area contributed by atoms with E-state index >= 15 is 0 Å². The standard InChI is InChI=1S/C61H87N15O14S/c1-34(78)51(76-55(83)44(16-7-9-24-62)69-52(80)41(64)29-36-31-67-42-14-5-3-12-39(36)42)59(87)71-45(18-11-26-66-61(65)90)53(81)74-49(30-37-32-68-43-15-6-4-13-40(37)43)57(85)73-48(28-35-19-21-38(79)22-20-35)56(84)75-50(33-77)58(86)70-46(23-27-91-2)54(82)72-47(60(88)89)17-8-10-25-63/h3-6,12-15,19-22,31-32,34,41,44-51,67-68,77-79H,7-11,16-18,23-30,33,62-64H2,1-2H3,(H,69,80)(H,70,86)(H,71,87)(H,72,82)(H,73,85)(H,74,81)(H,75,84)(H,76,83)(H,88,89)(H3,65,66,90)/t34-,41+,44+,45+,46+,47+,48+,49+,50+,51+/m1/s1. The molecule has 3 aromatic carbocycles. The molecule has 10 amide bonds. The molecule has 0 aliphatic rings. The molecule has 0 fully saturated rings. The topological polar surface area (TPSA) is 496 Å². The number of aromatic nitrogens is 2. The number of aliphatic hydroxyl groups excluding tert-OH is 2. The normalized spacial score (nSPS) is 14.6. The molecule has 496 valence electrons. The van der Waals surface area contributed by atoms with Crippen LogP contribution in [0, 0.1) is 0 Å². The second-order valence-electron chi connectivity index (χ2n) is 22.1. The summed E-state index contributed by atoms with van der Waals surface area (Å²) in [5, 5.41) is 66.0. The van der Waals surface area contributed by atoms with Crippen molar-refractivity contribution < 1.29 is 68.4 Å². The van der Waals surface area contributed by atoms with Crippen LogP contribution in [0.15, 0.2) is 85.2 Å². The third-order valence-corrected chi connectivity index (χ3v) is 15.7. The van der Waals surface area contributed by atoms with Crippen molar-refractivity contribution in [2.24, 2.45) is 22.9 Å². The second-order valence-corrected chi connectivity index (χ2v) is 23.0. The average Bonchev–Trinajstić information content (AvgIpc) is 2.20. The Morgan fingerprint density at radius 2 is 0.967 bits per heavy atom. The molecule has 23 N–H and O–H groups in total. The van der Waals surface area contributed by atoms with Crippen molar-refractivity contribution in [1.82, 2.24) is 57.8 Å². The number of para-hydroxylation sites is 2. The number of aliphatic hydroxyl groups is 2. The van der Waals surface area contributed by atoms with Crippen LogP contribution >= 0.6 is 11.8 Å². The van der Waals surface area contributed by atoms with E-state index in [9.17, 15) is 68.4 Å². The number of amides is 10. The lowest BCUT2D eigenvalue weighted by molar-refractivity contribution is -0.142. The Morgan fingerprint density at radius 3 is 1.49 bits per heavy atom. The SMILES string of the molecule is CSCC[C@H](NC(=O)[C@H](CO)NC(=O)[C@H](Cc1ccc(O)cc1)NC(=O)[C@H](Cc1c[nH]c2ccccc12)NC(=O)[C@H](CCCNC(N)=O)NC(=O)[C@@H](NC(=O)[C@H](CCCCN)NC(=O)[C@@H](N)Cc1c[nH]c2ccccc12)[C@@H](C)O)C(=O)N[C@@H](CCCCN)C(=O)O. The van der Waals surface area contributed by atoms with Gasteiger partial charge in [-0.25, -0.2) is 9.59 Å². The minimum Gasteiger partial charge on any atom is -0.508 e. The van der Waals surface area contributed by atoms with Gasteiger partial charge in [-0.2, -0.15) is 11.8 Å². The number of carboxylic acids is 1. The minimum atomic E-state index is -1.76. The van der Waals surface area contributed by atoms with Crippen LogP contribution in [-0.2, 0) is 62.4 Å². The Morgan fingerprint density at radius 1 is 0.527 bits per heavy atom. The van der Waals surface area contributed by atoms with Gasteiger partial charge in [0.15, 0.2) is 0 Å². The van der Waals surface area contributed by atoms with E-state index < -0.39 is 126 Å². The number of hydrogen-bond donors (Lipinski definition) is 19. The minimum absolute atomic E-state index is 0.00404. The molecular formula is C61H87N15O14S. The van der Waals surface area contributed by atoms with Crippen molar-refractivity contribution in [2.45, 2.75) is 144 Å². The number of carbonyl (C=O) groups is 10. The molecule has 5 rings (SSSR count). The molecule has 0 saturated carbocycles. The Balaban J connectivity index is 1.42. The lowest BCUT2D eigenvalue weighted by Crippen LogP contribution is -2.62. The summed E-state index contributed by atoms with van der Waals surface area (Å²) in [5.74, 6) is -8.57. The van der Waals surface area contributed by atoms with Crippen LogP contribution in [0.2, 0.25) is 0 Å². The lowest BCUT2D eigenvalue weighted by Gasteiger charge is -2.29. The van der Waals surface area contributed by atoms with E-state index in [1.165, 1.54) is 43.0 Å². The zero-order valence-electron chi connectivity index (χ0n) is 51.0. The molecule has 2 aromatic heterocycles. The van der Waals surface area contributed by atoms with Crippen molar-refractivity contribution in [1.29, 1.82) is 0 Å². The van der Waals surface area contributed by atoms with E-state index in [1.807, 2.05) is 24.3 Å². The molecule has 5 aromatic rings. The number of H-pyrrole nitrogens is 2. The number of aliphatic carboxylic acids is 1. The number of nitrogens with one attached hydrogen (secondary N) is 11. The van der Waals surface area contributed by atoms with Crippen LogP contribution in [0.3, 0.4) is 0 Å². The first kappa shape index (κ1) is 72.9. The quantitative estimate of drug-likeness (QED) is 0.0199. The van der Waals surface area contributed by atoms with Gasteiger partial charge < -0.3 is 101 Å². The van der Waals surface area contributed by atoms with Crippen LogP contribution in [0.25, 0.3) is 21.8 Å². The van der Waals surface area contributed by atoms with Crippen molar-refractivity contribution in [3.63, 3.8) is 0 Å². The number of carboxylic acid groups (broad SMARTS) is 1. The molecule has 29 nitrogen and oxygen atoms in total. The zero-order valence-corrected chi connectivity index (χ0v) is 51.8. The summed E-state index contributed by atoms with van der Waals surface area (Å²) in [6.07, 6.45) is 4.65. The molecule has 0 bridgehead atoms. The molecule has 0 aliphatic carbocycles.